The van der Waals surface area contributed by atoms with Gasteiger partial charge in [-0.15, -0.1) is 0 Å². The number of aliphatic carboxylic acids is 1. The molecule has 3 N–H and O–H groups in total. The number of ether oxygens (including phenoxy) is 1. The van der Waals surface area contributed by atoms with E-state index in [9.17, 15) is 41.5 Å². The molecule has 3 rings (SSSR count). The summed E-state index contributed by atoms with van der Waals surface area (Å²) in [6, 6.07) is 5.32. The van der Waals surface area contributed by atoms with E-state index in [4.69, 9.17) is 5.11 Å². The number of carboxylic acids is 1. The monoisotopic (exact) mass is 609 g/mol. The Morgan fingerprint density at radius 2 is 1.53 bits per heavy atom. The van der Waals surface area contributed by atoms with Crippen LogP contribution in [0.25, 0.3) is 0 Å². The first-order chi connectivity index (χ1) is 20.1. The van der Waals surface area contributed by atoms with Gasteiger partial charge < -0.3 is 25.4 Å². The van der Waals surface area contributed by atoms with Crippen LogP contribution in [0.5, 0.6) is 5.75 Å². The van der Waals surface area contributed by atoms with Gasteiger partial charge in [0.25, 0.3) is 0 Å². The minimum absolute atomic E-state index is 0.0254. The number of benzene rings is 2. The summed E-state index contributed by atoms with van der Waals surface area (Å²) in [7, 11) is 0. The number of carboxylic acid groups (broad SMARTS) is 1. The molecular formula is C29H31F4N3O7. The number of nitrogens with zero attached hydrogens (tertiary/aromatic N) is 1. The van der Waals surface area contributed by atoms with Crippen LogP contribution in [0.4, 0.5) is 23.2 Å². The first kappa shape index (κ1) is 33.0. The number of carbonyl (C=O) groups excluding carboxylic acids is 4. The van der Waals surface area contributed by atoms with Gasteiger partial charge in [-0.3, -0.25) is 24.0 Å². The molecule has 0 saturated carbocycles. The molecule has 2 aromatic rings. The van der Waals surface area contributed by atoms with Gasteiger partial charge in [-0.05, 0) is 36.0 Å². The van der Waals surface area contributed by atoms with Crippen molar-refractivity contribution in [3.05, 3.63) is 59.2 Å². The van der Waals surface area contributed by atoms with Crippen molar-refractivity contribution in [3.63, 3.8) is 0 Å². The number of likely N-dealkylation sites (tertiary alicyclic amines) is 1. The Balaban J connectivity index is 1.55. The molecule has 0 aromatic heterocycles. The van der Waals surface area contributed by atoms with Crippen LogP contribution in [0, 0.1) is 29.2 Å². The third-order valence-corrected chi connectivity index (χ3v) is 6.87. The number of hydrogen-bond acceptors (Lipinski definition) is 6. The summed E-state index contributed by atoms with van der Waals surface area (Å²) in [5, 5.41) is 14.0. The fraction of sp³-hybridized carbons (Fsp3) is 0.414. The largest absolute Gasteiger partial charge is 0.481 e. The lowest BCUT2D eigenvalue weighted by Crippen LogP contribution is -2.50. The molecule has 0 bridgehead atoms. The third-order valence-electron chi connectivity index (χ3n) is 6.87. The fourth-order valence-corrected chi connectivity index (χ4v) is 4.36. The number of ketones is 1. The van der Waals surface area contributed by atoms with Gasteiger partial charge in [0, 0.05) is 30.8 Å². The zero-order valence-electron chi connectivity index (χ0n) is 23.6. The van der Waals surface area contributed by atoms with E-state index in [1.54, 1.807) is 12.1 Å². The van der Waals surface area contributed by atoms with Gasteiger partial charge in [-0.2, -0.15) is 8.78 Å². The Labute approximate surface area is 244 Å². The first-order valence-corrected chi connectivity index (χ1v) is 13.3. The number of amides is 3. The Bertz CT molecular complexity index is 1380. The SMILES string of the molecule is CC(C)(C)c1ccc(NC(=O)C(=O)N2CCC(C(=O)N[C@@H](CC(=O)O)C(=O)COc3c(F)c(F)cc(F)c3F)CC2)cc1. The predicted molar refractivity (Wildman–Crippen MR) is 144 cm³/mol. The summed E-state index contributed by atoms with van der Waals surface area (Å²) >= 11 is 0. The maximum absolute atomic E-state index is 13.8. The summed E-state index contributed by atoms with van der Waals surface area (Å²) in [5.41, 5.74) is 1.39. The summed E-state index contributed by atoms with van der Waals surface area (Å²) in [6.45, 7) is 4.96. The lowest BCUT2D eigenvalue weighted by molar-refractivity contribution is -0.145. The Hall–Kier alpha value is -4.49. The number of hydrogen-bond donors (Lipinski definition) is 3. The maximum Gasteiger partial charge on any atom is 0.313 e. The highest BCUT2D eigenvalue weighted by atomic mass is 19.2. The number of nitrogens with one attached hydrogen (secondary N) is 2. The highest BCUT2D eigenvalue weighted by Crippen LogP contribution is 2.27. The van der Waals surface area contributed by atoms with Crippen molar-refractivity contribution in [2.45, 2.75) is 51.5 Å². The molecule has 3 amide bonds. The second-order valence-corrected chi connectivity index (χ2v) is 11.1. The molecule has 0 radical (unpaired) electrons. The van der Waals surface area contributed by atoms with E-state index in [1.807, 2.05) is 32.9 Å². The van der Waals surface area contributed by atoms with E-state index in [1.165, 1.54) is 4.90 Å². The second kappa shape index (κ2) is 13.7. The van der Waals surface area contributed by atoms with E-state index < -0.39 is 83.5 Å². The quantitative estimate of drug-likeness (QED) is 0.225. The molecule has 14 heteroatoms. The molecule has 1 saturated heterocycles. The highest BCUT2D eigenvalue weighted by molar-refractivity contribution is 6.39. The standard InChI is InChI=1S/C29H31F4N3O7/c1-29(2,3)16-4-6-17(7-5-16)34-27(41)28(42)36-10-8-15(9-11-36)26(40)35-20(13-22(38)39)21(37)14-43-25-23(32)18(30)12-19(31)24(25)33/h4-7,12,15,20H,8-11,13-14H2,1-3H3,(H,34,41)(H,35,40)(H,38,39)/t20-/m0/s1. The molecule has 0 spiro atoms. The van der Waals surface area contributed by atoms with Crippen LogP contribution < -0.4 is 15.4 Å². The van der Waals surface area contributed by atoms with Crippen molar-refractivity contribution in [1.29, 1.82) is 0 Å². The van der Waals surface area contributed by atoms with Gasteiger partial charge in [0.05, 0.1) is 6.42 Å². The predicted octanol–water partition coefficient (Wildman–Crippen LogP) is 3.33. The van der Waals surface area contributed by atoms with E-state index >= 15 is 0 Å². The van der Waals surface area contributed by atoms with Gasteiger partial charge in [-0.25, -0.2) is 8.78 Å². The summed E-state index contributed by atoms with van der Waals surface area (Å²) in [4.78, 5) is 63.1. The second-order valence-electron chi connectivity index (χ2n) is 11.1. The third kappa shape index (κ3) is 8.52. The van der Waals surface area contributed by atoms with Crippen LogP contribution >= 0.6 is 0 Å². The van der Waals surface area contributed by atoms with Crippen molar-refractivity contribution in [1.82, 2.24) is 10.2 Å². The Kier molecular flexibility index (Phi) is 10.5. The zero-order chi connectivity index (χ0) is 32.1. The molecule has 10 nitrogen and oxygen atoms in total. The van der Waals surface area contributed by atoms with E-state index in [2.05, 4.69) is 15.4 Å². The topological polar surface area (TPSA) is 142 Å². The van der Waals surface area contributed by atoms with Gasteiger partial charge in [0.2, 0.25) is 17.5 Å². The minimum atomic E-state index is -1.89. The average molecular weight is 610 g/mol. The number of piperidine rings is 1. The van der Waals surface area contributed by atoms with Gasteiger partial charge >= 0.3 is 17.8 Å². The lowest BCUT2D eigenvalue weighted by atomic mass is 9.87. The highest BCUT2D eigenvalue weighted by Gasteiger charge is 2.33. The lowest BCUT2D eigenvalue weighted by Gasteiger charge is -2.31. The number of rotatable bonds is 9. The van der Waals surface area contributed by atoms with E-state index in [-0.39, 0.29) is 37.4 Å². The molecule has 1 aliphatic heterocycles. The van der Waals surface area contributed by atoms with Crippen LogP contribution in [0.15, 0.2) is 30.3 Å². The molecule has 0 unspecified atom stereocenters. The summed E-state index contributed by atoms with van der Waals surface area (Å²) < 4.78 is 59.0. The normalized spacial score (nSPS) is 14.5. The maximum atomic E-state index is 13.8. The molecule has 1 fully saturated rings. The van der Waals surface area contributed by atoms with Crippen LogP contribution in [0.3, 0.4) is 0 Å². The van der Waals surface area contributed by atoms with Crippen molar-refractivity contribution < 1.29 is 51.4 Å². The van der Waals surface area contributed by atoms with Crippen molar-refractivity contribution in [3.8, 4) is 5.75 Å². The number of halogens is 4. The Morgan fingerprint density at radius 3 is 2.05 bits per heavy atom. The van der Waals surface area contributed by atoms with Crippen LogP contribution in [-0.2, 0) is 29.4 Å². The average Bonchev–Trinajstić information content (AvgIpc) is 2.94. The number of carbonyl (C=O) groups is 5. The van der Waals surface area contributed by atoms with Gasteiger partial charge in [0.15, 0.2) is 23.2 Å². The van der Waals surface area contributed by atoms with Crippen LogP contribution in [-0.4, -0.2) is 65.2 Å². The smallest absolute Gasteiger partial charge is 0.313 e. The van der Waals surface area contributed by atoms with Crippen molar-refractivity contribution in [2.24, 2.45) is 5.92 Å². The number of anilines is 1. The Morgan fingerprint density at radius 1 is 0.977 bits per heavy atom. The minimum Gasteiger partial charge on any atom is -0.481 e. The molecule has 1 atom stereocenters. The van der Waals surface area contributed by atoms with Crippen LogP contribution in [0.1, 0.15) is 45.6 Å². The number of Topliss-reactive ketones (excluding diaryl/α,β-unsaturated/α-hetero) is 1. The molecule has 232 valence electrons. The van der Waals surface area contributed by atoms with Crippen molar-refractivity contribution >= 4 is 35.2 Å². The molecular weight excluding hydrogens is 578 g/mol. The fourth-order valence-electron chi connectivity index (χ4n) is 4.36. The molecule has 43 heavy (non-hydrogen) atoms. The molecule has 1 aliphatic rings. The zero-order valence-corrected chi connectivity index (χ0v) is 23.6. The summed E-state index contributed by atoms with van der Waals surface area (Å²) in [6.07, 6.45) is -0.728. The summed E-state index contributed by atoms with van der Waals surface area (Å²) in [5.74, 6) is -14.6. The molecule has 1 heterocycles. The van der Waals surface area contributed by atoms with Crippen LogP contribution in [0.2, 0.25) is 0 Å². The van der Waals surface area contributed by atoms with Gasteiger partial charge in [-0.1, -0.05) is 32.9 Å². The van der Waals surface area contributed by atoms with E-state index in [0.717, 1.165) is 5.56 Å². The van der Waals surface area contributed by atoms with Crippen molar-refractivity contribution in [2.75, 3.05) is 25.0 Å². The van der Waals surface area contributed by atoms with Gasteiger partial charge in [0.1, 0.15) is 12.6 Å². The molecule has 0 aliphatic carbocycles. The van der Waals surface area contributed by atoms with E-state index in [0.29, 0.717) is 5.69 Å². The first-order valence-electron chi connectivity index (χ1n) is 13.3. The molecule has 2 aromatic carbocycles.